The summed E-state index contributed by atoms with van der Waals surface area (Å²) in [4.78, 5) is 2.56. The van der Waals surface area contributed by atoms with E-state index in [9.17, 15) is 0 Å². The average Bonchev–Trinajstić information content (AvgIpc) is 3.79. The molecule has 9 atom stereocenters. The van der Waals surface area contributed by atoms with Gasteiger partial charge in [-0.1, -0.05) is 121 Å². The fraction of sp³-hybridized carbons (Fsp3) is 0.478. The highest BCUT2D eigenvalue weighted by molar-refractivity contribution is 5.19. The fourth-order valence-corrected chi connectivity index (χ4v) is 8.69. The van der Waals surface area contributed by atoms with Crippen molar-refractivity contribution in [3.8, 4) is 0 Å². The molecule has 0 radical (unpaired) electrons. The number of ether oxygens (including phenoxy) is 8. The van der Waals surface area contributed by atoms with Crippen LogP contribution in [0.3, 0.4) is 0 Å². The van der Waals surface area contributed by atoms with Crippen molar-refractivity contribution in [1.29, 1.82) is 0 Å². The molecule has 4 saturated heterocycles. The highest BCUT2D eigenvalue weighted by Gasteiger charge is 2.61. The van der Waals surface area contributed by atoms with Gasteiger partial charge in [0, 0.05) is 12.6 Å². The van der Waals surface area contributed by atoms with Crippen molar-refractivity contribution in [3.63, 3.8) is 0 Å². The van der Waals surface area contributed by atoms with Crippen molar-refractivity contribution < 1.29 is 37.9 Å². The molecule has 4 heterocycles. The van der Waals surface area contributed by atoms with Gasteiger partial charge in [0.1, 0.15) is 30.5 Å². The molecule has 0 amide bonds. The van der Waals surface area contributed by atoms with Crippen LogP contribution in [0.1, 0.15) is 62.8 Å². The predicted octanol–water partition coefficient (Wildman–Crippen LogP) is 7.80. The summed E-state index contributed by atoms with van der Waals surface area (Å²) < 4.78 is 53.0. The summed E-state index contributed by atoms with van der Waals surface area (Å²) in [6.07, 6.45) is -0.924. The van der Waals surface area contributed by atoms with Crippen LogP contribution in [0.2, 0.25) is 0 Å². The molecule has 9 nitrogen and oxygen atoms in total. The molecular formula is C46H55NO8. The first-order valence-electron chi connectivity index (χ1n) is 19.8. The third kappa shape index (κ3) is 9.23. The molecule has 0 saturated carbocycles. The first-order chi connectivity index (χ1) is 26.7. The summed E-state index contributed by atoms with van der Waals surface area (Å²) in [7, 11) is 0. The maximum absolute atomic E-state index is 7.06. The Morgan fingerprint density at radius 1 is 0.509 bits per heavy atom. The zero-order valence-corrected chi connectivity index (χ0v) is 32.4. The molecule has 4 aliphatic rings. The molecule has 8 rings (SSSR count). The van der Waals surface area contributed by atoms with Crippen molar-refractivity contribution in [2.45, 2.75) is 133 Å². The number of fused-ring (bicyclic) bond motifs is 3. The smallest absolute Gasteiger partial charge is 0.190 e. The number of hydrogen-bond donors (Lipinski definition) is 0. The van der Waals surface area contributed by atoms with Crippen molar-refractivity contribution >= 4 is 0 Å². The molecule has 0 spiro atoms. The van der Waals surface area contributed by atoms with E-state index in [1.807, 2.05) is 45.9 Å². The van der Waals surface area contributed by atoms with E-state index in [1.54, 1.807) is 0 Å². The highest BCUT2D eigenvalue weighted by Crippen LogP contribution is 2.46. The Hall–Kier alpha value is -3.48. The topological polar surface area (TPSA) is 77.1 Å². The largest absolute Gasteiger partial charge is 0.375 e. The summed E-state index contributed by atoms with van der Waals surface area (Å²) in [6, 6.07) is 41.6. The van der Waals surface area contributed by atoms with Crippen LogP contribution in [0.25, 0.3) is 0 Å². The Morgan fingerprint density at radius 3 is 1.56 bits per heavy atom. The lowest BCUT2D eigenvalue weighted by Crippen LogP contribution is -2.55. The molecule has 0 N–H and O–H groups in total. The van der Waals surface area contributed by atoms with Crippen LogP contribution in [0.15, 0.2) is 121 Å². The SMILES string of the molecule is CC1(C)O[C@@H]2[C@H](O1)[C@H]1OC(C)(C)OC1O[C@@H]2CC[C@@H]1[C@@H](OCc2ccccc2)[C@H](OCc2ccccc2)[C@@H](COCc2ccccc2)N1Cc1ccccc1. The van der Waals surface area contributed by atoms with E-state index in [2.05, 4.69) is 108 Å². The lowest BCUT2D eigenvalue weighted by Gasteiger charge is -2.38. The van der Waals surface area contributed by atoms with Crippen LogP contribution < -0.4 is 0 Å². The monoisotopic (exact) mass is 749 g/mol. The lowest BCUT2D eigenvalue weighted by atomic mass is 9.93. The Morgan fingerprint density at radius 2 is 0.982 bits per heavy atom. The van der Waals surface area contributed by atoms with Gasteiger partial charge >= 0.3 is 0 Å². The minimum Gasteiger partial charge on any atom is -0.375 e. The molecule has 55 heavy (non-hydrogen) atoms. The van der Waals surface area contributed by atoms with E-state index in [-0.39, 0.29) is 48.7 Å². The molecule has 0 aliphatic carbocycles. The van der Waals surface area contributed by atoms with Crippen LogP contribution in [-0.2, 0) is 64.3 Å². The van der Waals surface area contributed by atoms with Gasteiger partial charge in [-0.25, -0.2) is 0 Å². The van der Waals surface area contributed by atoms with Gasteiger partial charge in [0.15, 0.2) is 17.9 Å². The Kier molecular flexibility index (Phi) is 11.8. The fourth-order valence-electron chi connectivity index (χ4n) is 8.69. The maximum atomic E-state index is 7.06. The Bertz CT molecular complexity index is 1780. The van der Waals surface area contributed by atoms with Crippen LogP contribution in [-0.4, -0.2) is 78.1 Å². The maximum Gasteiger partial charge on any atom is 0.190 e. The molecule has 0 aromatic heterocycles. The van der Waals surface area contributed by atoms with Gasteiger partial charge in [0.25, 0.3) is 0 Å². The summed E-state index contributed by atoms with van der Waals surface area (Å²) in [5, 5.41) is 0. The van der Waals surface area contributed by atoms with E-state index >= 15 is 0 Å². The minimum absolute atomic E-state index is 0.0395. The third-order valence-electron chi connectivity index (χ3n) is 11.1. The zero-order valence-electron chi connectivity index (χ0n) is 32.4. The van der Waals surface area contributed by atoms with Gasteiger partial charge in [-0.2, -0.15) is 0 Å². The van der Waals surface area contributed by atoms with Crippen LogP contribution in [0.5, 0.6) is 0 Å². The summed E-state index contributed by atoms with van der Waals surface area (Å²) in [5.41, 5.74) is 4.59. The van der Waals surface area contributed by atoms with Crippen LogP contribution in [0, 0.1) is 0 Å². The standard InChI is InChI=1S/C46H55NO8/c1-45(2)52-41-38(51-44-43(42(41)53-45)54-46(3,4)55-44)26-25-36-39(49-29-34-21-13-7-14-22-34)40(50-30-35-23-15-8-16-24-35)37(31-48-28-33-19-11-6-12-20-33)47(36)27-32-17-9-5-10-18-32/h5-24,36-44H,25-31H2,1-4H3/t36-,37-,38-,39-,40-,41+,42+,43-,44?/m1/s1. The number of nitrogens with zero attached hydrogens (tertiary/aromatic N) is 1. The highest BCUT2D eigenvalue weighted by atomic mass is 16.9. The van der Waals surface area contributed by atoms with Crippen molar-refractivity contribution in [3.05, 3.63) is 144 Å². The first-order valence-corrected chi connectivity index (χ1v) is 19.8. The quantitative estimate of drug-likeness (QED) is 0.121. The third-order valence-corrected chi connectivity index (χ3v) is 11.1. The minimum atomic E-state index is -0.782. The van der Waals surface area contributed by atoms with Gasteiger partial charge in [0.2, 0.25) is 0 Å². The van der Waals surface area contributed by atoms with E-state index < -0.39 is 17.9 Å². The molecule has 292 valence electrons. The second-order valence-electron chi connectivity index (χ2n) is 16.1. The van der Waals surface area contributed by atoms with Crippen molar-refractivity contribution in [2.24, 2.45) is 0 Å². The van der Waals surface area contributed by atoms with Gasteiger partial charge in [-0.05, 0) is 62.8 Å². The van der Waals surface area contributed by atoms with E-state index in [1.165, 1.54) is 5.56 Å². The lowest BCUT2D eigenvalue weighted by molar-refractivity contribution is -0.235. The van der Waals surface area contributed by atoms with Gasteiger partial charge in [-0.3, -0.25) is 4.90 Å². The zero-order chi connectivity index (χ0) is 37.8. The first kappa shape index (κ1) is 38.4. The normalized spacial score (nSPS) is 30.9. The second kappa shape index (κ2) is 16.9. The van der Waals surface area contributed by atoms with E-state index in [0.29, 0.717) is 39.4 Å². The van der Waals surface area contributed by atoms with E-state index in [4.69, 9.17) is 37.9 Å². The number of likely N-dealkylation sites (tertiary alicyclic amines) is 1. The predicted molar refractivity (Wildman–Crippen MR) is 207 cm³/mol. The molecule has 4 aromatic carbocycles. The molecule has 4 aliphatic heterocycles. The van der Waals surface area contributed by atoms with Gasteiger partial charge in [0.05, 0.1) is 38.6 Å². The van der Waals surface area contributed by atoms with Crippen LogP contribution in [0.4, 0.5) is 0 Å². The number of hydrogen-bond acceptors (Lipinski definition) is 9. The van der Waals surface area contributed by atoms with Crippen molar-refractivity contribution in [2.75, 3.05) is 6.61 Å². The van der Waals surface area contributed by atoms with Gasteiger partial charge < -0.3 is 37.9 Å². The number of rotatable bonds is 15. The molecule has 0 bridgehead atoms. The number of benzene rings is 4. The van der Waals surface area contributed by atoms with Gasteiger partial charge in [-0.15, -0.1) is 0 Å². The van der Waals surface area contributed by atoms with Crippen LogP contribution >= 0.6 is 0 Å². The molecular weight excluding hydrogens is 695 g/mol. The molecule has 9 heteroatoms. The van der Waals surface area contributed by atoms with E-state index in [0.717, 1.165) is 23.1 Å². The molecule has 4 aromatic rings. The second-order valence-corrected chi connectivity index (χ2v) is 16.1. The van der Waals surface area contributed by atoms with Crippen molar-refractivity contribution in [1.82, 2.24) is 4.90 Å². The summed E-state index contributed by atoms with van der Waals surface area (Å²) in [6.45, 7) is 10.4. The Labute approximate surface area is 325 Å². The molecule has 4 fully saturated rings. The molecule has 1 unspecified atom stereocenters. The summed E-state index contributed by atoms with van der Waals surface area (Å²) >= 11 is 0. The summed E-state index contributed by atoms with van der Waals surface area (Å²) in [5.74, 6) is -1.55. The Balaban J connectivity index is 1.11. The average molecular weight is 750 g/mol.